The first-order chi connectivity index (χ1) is 9.97. The van der Waals surface area contributed by atoms with Gasteiger partial charge in [0, 0.05) is 6.07 Å². The fourth-order valence-electron chi connectivity index (χ4n) is 1.78. The number of carboxylic acids is 1. The summed E-state index contributed by atoms with van der Waals surface area (Å²) >= 11 is 5.59. The van der Waals surface area contributed by atoms with Crippen LogP contribution in [0.15, 0.2) is 42.5 Å². The summed E-state index contributed by atoms with van der Waals surface area (Å²) in [5.41, 5.74) is 1.59. The molecule has 1 atom stereocenters. The molecule has 0 aliphatic rings. The summed E-state index contributed by atoms with van der Waals surface area (Å²) < 4.78 is 18.7. The summed E-state index contributed by atoms with van der Waals surface area (Å²) in [5.74, 6) is -1.55. The quantitative estimate of drug-likeness (QED) is 0.898. The molecule has 0 spiro atoms. The van der Waals surface area contributed by atoms with Crippen molar-refractivity contribution >= 4 is 17.6 Å². The number of rotatable bonds is 5. The third-order valence-corrected chi connectivity index (χ3v) is 3.45. The van der Waals surface area contributed by atoms with Crippen LogP contribution in [0.5, 0.6) is 5.75 Å². The van der Waals surface area contributed by atoms with E-state index in [0.717, 1.165) is 11.1 Å². The molecule has 110 valence electrons. The molecule has 3 nitrogen and oxygen atoms in total. The van der Waals surface area contributed by atoms with Crippen molar-refractivity contribution in [2.45, 2.75) is 19.4 Å². The molecule has 1 unspecified atom stereocenters. The van der Waals surface area contributed by atoms with Crippen molar-refractivity contribution in [2.75, 3.05) is 0 Å². The molecule has 2 aromatic rings. The lowest BCUT2D eigenvalue weighted by Crippen LogP contribution is -2.07. The predicted molar refractivity (Wildman–Crippen MR) is 78.2 cm³/mol. The van der Waals surface area contributed by atoms with Gasteiger partial charge in [-0.05, 0) is 30.2 Å². The zero-order valence-electron chi connectivity index (χ0n) is 11.3. The smallest absolute Gasteiger partial charge is 0.310 e. The molecule has 0 radical (unpaired) electrons. The molecule has 2 aromatic carbocycles. The fourth-order valence-corrected chi connectivity index (χ4v) is 1.90. The standard InChI is InChI=1S/C16H14ClFO3/c1-10(16(19)20)12-4-2-11(3-5-12)9-21-13-6-7-14(17)15(18)8-13/h2-8,10H,9H2,1H3,(H,19,20). The van der Waals surface area contributed by atoms with Gasteiger partial charge < -0.3 is 9.84 Å². The number of benzene rings is 2. The van der Waals surface area contributed by atoms with E-state index in [4.69, 9.17) is 21.4 Å². The number of hydrogen-bond acceptors (Lipinski definition) is 2. The van der Waals surface area contributed by atoms with E-state index >= 15 is 0 Å². The number of ether oxygens (including phenoxy) is 1. The molecule has 0 aliphatic carbocycles. The molecule has 21 heavy (non-hydrogen) atoms. The van der Waals surface area contributed by atoms with Crippen LogP contribution in [0.4, 0.5) is 4.39 Å². The summed E-state index contributed by atoms with van der Waals surface area (Å²) in [6.45, 7) is 1.90. The lowest BCUT2D eigenvalue weighted by Gasteiger charge is -2.09. The lowest BCUT2D eigenvalue weighted by molar-refractivity contribution is -0.138. The first kappa shape index (κ1) is 15.3. The highest BCUT2D eigenvalue weighted by Crippen LogP contribution is 2.22. The van der Waals surface area contributed by atoms with E-state index in [2.05, 4.69) is 0 Å². The minimum atomic E-state index is -0.865. The Labute approximate surface area is 126 Å². The molecule has 0 bridgehead atoms. The second kappa shape index (κ2) is 6.59. The van der Waals surface area contributed by atoms with Gasteiger partial charge >= 0.3 is 5.97 Å². The number of hydrogen-bond donors (Lipinski definition) is 1. The number of halogens is 2. The molecule has 1 N–H and O–H groups in total. The fraction of sp³-hybridized carbons (Fsp3) is 0.188. The van der Waals surface area contributed by atoms with Crippen LogP contribution in [0, 0.1) is 5.82 Å². The highest BCUT2D eigenvalue weighted by Gasteiger charge is 2.13. The van der Waals surface area contributed by atoms with Crippen LogP contribution in [-0.2, 0) is 11.4 Å². The minimum Gasteiger partial charge on any atom is -0.489 e. The van der Waals surface area contributed by atoms with Crippen molar-refractivity contribution in [3.05, 3.63) is 64.4 Å². The largest absolute Gasteiger partial charge is 0.489 e. The average Bonchev–Trinajstić information content (AvgIpc) is 2.48. The maximum absolute atomic E-state index is 13.3. The Hall–Kier alpha value is -2.07. The van der Waals surface area contributed by atoms with Gasteiger partial charge in [0.25, 0.3) is 0 Å². The van der Waals surface area contributed by atoms with E-state index in [1.807, 2.05) is 0 Å². The van der Waals surface area contributed by atoms with Crippen molar-refractivity contribution in [3.8, 4) is 5.75 Å². The van der Waals surface area contributed by atoms with E-state index in [9.17, 15) is 9.18 Å². The van der Waals surface area contributed by atoms with Gasteiger partial charge in [-0.2, -0.15) is 0 Å². The molecule has 2 rings (SSSR count). The molecule has 0 heterocycles. The maximum atomic E-state index is 13.3. The molecule has 0 saturated carbocycles. The highest BCUT2D eigenvalue weighted by atomic mass is 35.5. The Balaban J connectivity index is 2.00. The van der Waals surface area contributed by atoms with Crippen LogP contribution in [0.1, 0.15) is 24.0 Å². The Bertz CT molecular complexity index is 640. The van der Waals surface area contributed by atoms with Gasteiger partial charge in [0.05, 0.1) is 10.9 Å². The van der Waals surface area contributed by atoms with Crippen molar-refractivity contribution in [1.29, 1.82) is 0 Å². The summed E-state index contributed by atoms with van der Waals surface area (Å²) in [6, 6.07) is 11.3. The van der Waals surface area contributed by atoms with Crippen LogP contribution >= 0.6 is 11.6 Å². The Morgan fingerprint density at radius 3 is 2.52 bits per heavy atom. The predicted octanol–water partition coefficient (Wildman–Crippen LogP) is 4.25. The Morgan fingerprint density at radius 1 is 1.29 bits per heavy atom. The van der Waals surface area contributed by atoms with Gasteiger partial charge in [0.1, 0.15) is 18.2 Å². The summed E-state index contributed by atoms with van der Waals surface area (Å²) in [7, 11) is 0. The first-order valence-corrected chi connectivity index (χ1v) is 6.74. The van der Waals surface area contributed by atoms with E-state index in [1.165, 1.54) is 12.1 Å². The van der Waals surface area contributed by atoms with Crippen molar-refractivity contribution in [3.63, 3.8) is 0 Å². The molecule has 0 aliphatic heterocycles. The summed E-state index contributed by atoms with van der Waals surface area (Å²) in [5, 5.41) is 8.98. The number of carbonyl (C=O) groups is 1. The van der Waals surface area contributed by atoms with Gasteiger partial charge in [0.15, 0.2) is 0 Å². The van der Waals surface area contributed by atoms with Crippen LogP contribution in [0.2, 0.25) is 5.02 Å². The molecule has 0 aromatic heterocycles. The number of aliphatic carboxylic acids is 1. The van der Waals surface area contributed by atoms with Gasteiger partial charge in [-0.3, -0.25) is 4.79 Å². The zero-order valence-corrected chi connectivity index (χ0v) is 12.1. The topological polar surface area (TPSA) is 46.5 Å². The monoisotopic (exact) mass is 308 g/mol. The number of carboxylic acid groups (broad SMARTS) is 1. The molecule has 0 fully saturated rings. The lowest BCUT2D eigenvalue weighted by atomic mass is 10.0. The van der Waals surface area contributed by atoms with Gasteiger partial charge in [0.2, 0.25) is 0 Å². The highest BCUT2D eigenvalue weighted by molar-refractivity contribution is 6.30. The van der Waals surface area contributed by atoms with E-state index in [0.29, 0.717) is 5.75 Å². The first-order valence-electron chi connectivity index (χ1n) is 6.37. The third-order valence-electron chi connectivity index (χ3n) is 3.15. The van der Waals surface area contributed by atoms with Gasteiger partial charge in [-0.15, -0.1) is 0 Å². The van der Waals surface area contributed by atoms with Crippen LogP contribution < -0.4 is 4.74 Å². The molecular weight excluding hydrogens is 295 g/mol. The Kier molecular flexibility index (Phi) is 4.81. The zero-order chi connectivity index (χ0) is 15.4. The second-order valence-electron chi connectivity index (χ2n) is 4.67. The van der Waals surface area contributed by atoms with Gasteiger partial charge in [-0.1, -0.05) is 35.9 Å². The van der Waals surface area contributed by atoms with Crippen LogP contribution in [0.3, 0.4) is 0 Å². The normalized spacial score (nSPS) is 12.0. The van der Waals surface area contributed by atoms with Gasteiger partial charge in [-0.25, -0.2) is 4.39 Å². The van der Waals surface area contributed by atoms with Crippen molar-refractivity contribution in [2.24, 2.45) is 0 Å². The minimum absolute atomic E-state index is 0.0503. The van der Waals surface area contributed by atoms with E-state index in [-0.39, 0.29) is 11.6 Å². The molecule has 0 amide bonds. The summed E-state index contributed by atoms with van der Waals surface area (Å²) in [6.07, 6.45) is 0. The molecule has 0 saturated heterocycles. The van der Waals surface area contributed by atoms with Crippen molar-refractivity contribution < 1.29 is 19.0 Å². The molecule has 5 heteroatoms. The Morgan fingerprint density at radius 2 is 1.95 bits per heavy atom. The van der Waals surface area contributed by atoms with E-state index < -0.39 is 17.7 Å². The average molecular weight is 309 g/mol. The van der Waals surface area contributed by atoms with Crippen LogP contribution in [0.25, 0.3) is 0 Å². The van der Waals surface area contributed by atoms with E-state index in [1.54, 1.807) is 37.3 Å². The summed E-state index contributed by atoms with van der Waals surface area (Å²) in [4.78, 5) is 10.9. The maximum Gasteiger partial charge on any atom is 0.310 e. The van der Waals surface area contributed by atoms with Crippen LogP contribution in [-0.4, -0.2) is 11.1 Å². The second-order valence-corrected chi connectivity index (χ2v) is 5.07. The SMILES string of the molecule is CC(C(=O)O)c1ccc(COc2ccc(Cl)c(F)c2)cc1. The van der Waals surface area contributed by atoms with Crippen molar-refractivity contribution in [1.82, 2.24) is 0 Å². The third kappa shape index (κ3) is 3.95. The molecular formula is C16H14ClFO3.